The van der Waals surface area contributed by atoms with Gasteiger partial charge in [0.25, 0.3) is 0 Å². The molecule has 2 aromatic rings. The van der Waals surface area contributed by atoms with Crippen molar-refractivity contribution in [2.45, 2.75) is 6.61 Å². The van der Waals surface area contributed by atoms with Crippen LogP contribution < -0.4 is 0 Å². The Kier molecular flexibility index (Phi) is 3.08. The fourth-order valence-corrected chi connectivity index (χ4v) is 1.52. The summed E-state index contributed by atoms with van der Waals surface area (Å²) in [5.74, 6) is -0.745. The van der Waals surface area contributed by atoms with Gasteiger partial charge in [0.15, 0.2) is 5.82 Å². The number of carboxylic acid groups (broad SMARTS) is 1. The number of aliphatic hydroxyl groups excluding tert-OH is 1. The second kappa shape index (κ2) is 4.52. The number of carboxylic acids is 1. The molecule has 0 aromatic carbocycles. The van der Waals surface area contributed by atoms with Gasteiger partial charge in [-0.25, -0.2) is 14.5 Å². The summed E-state index contributed by atoms with van der Waals surface area (Å²) in [5.41, 5.74) is 0.426. The van der Waals surface area contributed by atoms with Crippen molar-refractivity contribution in [2.75, 3.05) is 0 Å². The number of aromatic carboxylic acids is 1. The first-order chi connectivity index (χ1) is 8.11. The Labute approximate surface area is 101 Å². The van der Waals surface area contributed by atoms with Gasteiger partial charge in [-0.2, -0.15) is 5.10 Å². The zero-order valence-corrected chi connectivity index (χ0v) is 9.29. The highest BCUT2D eigenvalue weighted by Gasteiger charge is 2.11. The first-order valence-corrected chi connectivity index (χ1v) is 5.05. The summed E-state index contributed by atoms with van der Waals surface area (Å²) in [5, 5.41) is 21.6. The van der Waals surface area contributed by atoms with E-state index in [1.807, 2.05) is 0 Å². The number of aliphatic hydroxyl groups is 1. The van der Waals surface area contributed by atoms with Crippen LogP contribution in [0.1, 0.15) is 16.1 Å². The highest BCUT2D eigenvalue weighted by Crippen LogP contribution is 2.15. The lowest BCUT2D eigenvalue weighted by molar-refractivity contribution is 0.0696. The molecule has 0 spiro atoms. The molecule has 0 fully saturated rings. The molecule has 0 saturated carbocycles. The molecule has 2 heterocycles. The number of nitrogens with zero attached hydrogens (tertiary/aromatic N) is 3. The van der Waals surface area contributed by atoms with Crippen LogP contribution in [0.4, 0.5) is 0 Å². The standard InChI is InChI=1S/C10H8ClN3O3/c11-9-7(10(16)17)1-2-8(12-9)14-4-3-6(5-15)13-14/h1-4,15H,5H2,(H,16,17). The molecule has 0 atom stereocenters. The number of halogens is 1. The smallest absolute Gasteiger partial charge is 0.338 e. The molecule has 6 nitrogen and oxygen atoms in total. The zero-order chi connectivity index (χ0) is 12.4. The third-order valence-corrected chi connectivity index (χ3v) is 2.39. The molecule has 17 heavy (non-hydrogen) atoms. The predicted molar refractivity (Wildman–Crippen MR) is 59.3 cm³/mol. The molecule has 0 bridgehead atoms. The van der Waals surface area contributed by atoms with E-state index in [4.69, 9.17) is 21.8 Å². The van der Waals surface area contributed by atoms with Crippen LogP contribution in [0.5, 0.6) is 0 Å². The van der Waals surface area contributed by atoms with E-state index in [-0.39, 0.29) is 17.3 Å². The van der Waals surface area contributed by atoms with Crippen LogP contribution in [0.15, 0.2) is 24.4 Å². The van der Waals surface area contributed by atoms with E-state index in [2.05, 4.69) is 10.1 Å². The van der Waals surface area contributed by atoms with Crippen molar-refractivity contribution < 1.29 is 15.0 Å². The maximum absolute atomic E-state index is 10.7. The van der Waals surface area contributed by atoms with Crippen molar-refractivity contribution in [1.82, 2.24) is 14.8 Å². The van der Waals surface area contributed by atoms with Crippen LogP contribution in [-0.4, -0.2) is 30.9 Å². The fourth-order valence-electron chi connectivity index (χ4n) is 1.29. The van der Waals surface area contributed by atoms with Crippen LogP contribution >= 0.6 is 11.6 Å². The van der Waals surface area contributed by atoms with Crippen LogP contribution in [0.25, 0.3) is 5.82 Å². The van der Waals surface area contributed by atoms with Crippen LogP contribution in [0.3, 0.4) is 0 Å². The van der Waals surface area contributed by atoms with Crippen molar-refractivity contribution in [1.29, 1.82) is 0 Å². The highest BCUT2D eigenvalue weighted by molar-refractivity contribution is 6.32. The Balaban J connectivity index is 2.40. The molecule has 7 heteroatoms. The van der Waals surface area contributed by atoms with Gasteiger partial charge < -0.3 is 10.2 Å². The first kappa shape index (κ1) is 11.6. The van der Waals surface area contributed by atoms with Crippen molar-refractivity contribution >= 4 is 17.6 Å². The van der Waals surface area contributed by atoms with E-state index >= 15 is 0 Å². The van der Waals surface area contributed by atoms with Gasteiger partial charge in [0.05, 0.1) is 17.9 Å². The lowest BCUT2D eigenvalue weighted by Gasteiger charge is -2.02. The molecule has 0 aliphatic heterocycles. The molecular formula is C10H8ClN3O3. The number of aromatic nitrogens is 3. The minimum atomic E-state index is -1.13. The van der Waals surface area contributed by atoms with Crippen LogP contribution in [0, 0.1) is 0 Å². The summed E-state index contributed by atoms with van der Waals surface area (Å²) >= 11 is 5.73. The van der Waals surface area contributed by atoms with Crippen molar-refractivity contribution in [2.24, 2.45) is 0 Å². The van der Waals surface area contributed by atoms with Gasteiger partial charge in [0.1, 0.15) is 5.15 Å². The van der Waals surface area contributed by atoms with E-state index in [0.29, 0.717) is 11.5 Å². The van der Waals surface area contributed by atoms with Crippen molar-refractivity contribution in [3.8, 4) is 5.82 Å². The van der Waals surface area contributed by atoms with Crippen LogP contribution in [-0.2, 0) is 6.61 Å². The quantitative estimate of drug-likeness (QED) is 0.800. The minimum Gasteiger partial charge on any atom is -0.478 e. The Morgan fingerprint density at radius 2 is 2.18 bits per heavy atom. The van der Waals surface area contributed by atoms with E-state index in [9.17, 15) is 4.79 Å². The average molecular weight is 254 g/mol. The third kappa shape index (κ3) is 2.27. The molecule has 2 aromatic heterocycles. The molecule has 0 unspecified atom stereocenters. The number of rotatable bonds is 3. The molecule has 0 amide bonds. The number of hydrogen-bond acceptors (Lipinski definition) is 4. The molecule has 0 saturated heterocycles. The first-order valence-electron chi connectivity index (χ1n) is 4.67. The lowest BCUT2D eigenvalue weighted by atomic mass is 10.3. The summed E-state index contributed by atoms with van der Waals surface area (Å²) in [6, 6.07) is 4.47. The molecule has 2 N–H and O–H groups in total. The van der Waals surface area contributed by atoms with Crippen LogP contribution in [0.2, 0.25) is 5.15 Å². The number of carbonyl (C=O) groups is 1. The molecule has 88 valence electrons. The SMILES string of the molecule is O=C(O)c1ccc(-n2ccc(CO)n2)nc1Cl. The Bertz CT molecular complexity index is 568. The molecule has 0 radical (unpaired) electrons. The topological polar surface area (TPSA) is 88.2 Å². The molecule has 2 rings (SSSR count). The van der Waals surface area contributed by atoms with Gasteiger partial charge in [-0.05, 0) is 18.2 Å². The maximum Gasteiger partial charge on any atom is 0.338 e. The molecule has 0 aliphatic carbocycles. The Morgan fingerprint density at radius 1 is 1.41 bits per heavy atom. The van der Waals surface area contributed by atoms with Gasteiger partial charge in [-0.15, -0.1) is 0 Å². The lowest BCUT2D eigenvalue weighted by Crippen LogP contribution is -2.04. The van der Waals surface area contributed by atoms with E-state index in [1.54, 1.807) is 12.3 Å². The highest BCUT2D eigenvalue weighted by atomic mass is 35.5. The summed E-state index contributed by atoms with van der Waals surface area (Å²) < 4.78 is 1.41. The van der Waals surface area contributed by atoms with E-state index in [0.717, 1.165) is 0 Å². The second-order valence-electron chi connectivity index (χ2n) is 3.22. The van der Waals surface area contributed by atoms with Gasteiger partial charge in [-0.3, -0.25) is 0 Å². The molecule has 0 aliphatic rings. The Hall–Kier alpha value is -1.92. The van der Waals surface area contributed by atoms with Crippen molar-refractivity contribution in [3.63, 3.8) is 0 Å². The number of hydrogen-bond donors (Lipinski definition) is 2. The third-order valence-electron chi connectivity index (χ3n) is 2.11. The summed E-state index contributed by atoms with van der Waals surface area (Å²) in [4.78, 5) is 14.7. The summed E-state index contributed by atoms with van der Waals surface area (Å²) in [6.07, 6.45) is 1.60. The monoisotopic (exact) mass is 253 g/mol. The normalized spacial score (nSPS) is 10.5. The predicted octanol–water partition coefficient (Wildman–Crippen LogP) is 1.11. The van der Waals surface area contributed by atoms with Gasteiger partial charge >= 0.3 is 5.97 Å². The fraction of sp³-hybridized carbons (Fsp3) is 0.100. The van der Waals surface area contributed by atoms with Gasteiger partial charge in [0.2, 0.25) is 0 Å². The van der Waals surface area contributed by atoms with Crippen molar-refractivity contribution in [3.05, 3.63) is 40.8 Å². The molecular weight excluding hydrogens is 246 g/mol. The maximum atomic E-state index is 10.7. The second-order valence-corrected chi connectivity index (χ2v) is 3.58. The Morgan fingerprint density at radius 3 is 2.71 bits per heavy atom. The average Bonchev–Trinajstić information content (AvgIpc) is 2.76. The van der Waals surface area contributed by atoms with Gasteiger partial charge in [-0.1, -0.05) is 11.6 Å². The van der Waals surface area contributed by atoms with E-state index < -0.39 is 5.97 Å². The van der Waals surface area contributed by atoms with Gasteiger partial charge in [0, 0.05) is 6.20 Å². The summed E-state index contributed by atoms with van der Waals surface area (Å²) in [6.45, 7) is -0.173. The largest absolute Gasteiger partial charge is 0.478 e. The van der Waals surface area contributed by atoms with E-state index in [1.165, 1.54) is 16.8 Å². The summed E-state index contributed by atoms with van der Waals surface area (Å²) in [7, 11) is 0. The zero-order valence-electron chi connectivity index (χ0n) is 8.54. The minimum absolute atomic E-state index is 0.0649. The number of pyridine rings is 1.